The van der Waals surface area contributed by atoms with E-state index < -0.39 is 0 Å². The Morgan fingerprint density at radius 1 is 1.41 bits per heavy atom. The third kappa shape index (κ3) is 4.11. The molecule has 0 saturated carbocycles. The van der Waals surface area contributed by atoms with Crippen LogP contribution in [0.4, 0.5) is 0 Å². The minimum absolute atomic E-state index is 0.00634. The highest BCUT2D eigenvalue weighted by atomic mass is 79.9. The molecule has 0 heterocycles. The van der Waals surface area contributed by atoms with Gasteiger partial charge >= 0.3 is 0 Å². The number of carbonyl (C=O) groups excluding carboxylic acids is 1. The fraction of sp³-hybridized carbons (Fsp3) is 0.462. The zero-order valence-electron chi connectivity index (χ0n) is 10.3. The van der Waals surface area contributed by atoms with Crippen molar-refractivity contribution in [2.75, 3.05) is 5.33 Å². The Balaban J connectivity index is 2.82. The van der Waals surface area contributed by atoms with Gasteiger partial charge in [0.2, 0.25) is 0 Å². The molecule has 1 aromatic rings. The topological polar surface area (TPSA) is 29.1 Å². The van der Waals surface area contributed by atoms with Crippen molar-refractivity contribution in [3.8, 4) is 0 Å². The summed E-state index contributed by atoms with van der Waals surface area (Å²) in [6.07, 6.45) is 0. The fourth-order valence-electron chi connectivity index (χ4n) is 1.51. The average Bonchev–Trinajstić information content (AvgIpc) is 2.24. The summed E-state index contributed by atoms with van der Waals surface area (Å²) in [6.45, 7) is 6.14. The quantitative estimate of drug-likeness (QED) is 0.808. The first-order valence-corrected chi connectivity index (χ1v) is 7.50. The molecule has 0 fully saturated rings. The van der Waals surface area contributed by atoms with Crippen LogP contribution in [0, 0.1) is 12.8 Å². The zero-order valence-corrected chi connectivity index (χ0v) is 13.4. The van der Waals surface area contributed by atoms with Gasteiger partial charge in [0.1, 0.15) is 0 Å². The van der Waals surface area contributed by atoms with Crippen LogP contribution >= 0.6 is 31.9 Å². The number of alkyl halides is 1. The van der Waals surface area contributed by atoms with Gasteiger partial charge in [-0.25, -0.2) is 0 Å². The van der Waals surface area contributed by atoms with Crippen LogP contribution in [-0.2, 0) is 0 Å². The normalized spacial score (nSPS) is 12.6. The maximum Gasteiger partial charge on any atom is 0.251 e. The summed E-state index contributed by atoms with van der Waals surface area (Å²) in [7, 11) is 0. The highest BCUT2D eigenvalue weighted by molar-refractivity contribution is 9.10. The minimum Gasteiger partial charge on any atom is -0.348 e. The first-order valence-electron chi connectivity index (χ1n) is 5.58. The molecule has 1 rings (SSSR count). The highest BCUT2D eigenvalue weighted by Crippen LogP contribution is 2.16. The molecular formula is C13H17Br2NO. The molecule has 1 amide bonds. The lowest BCUT2D eigenvalue weighted by atomic mass is 10.0. The standard InChI is InChI=1S/C13H17Br2NO/c1-8(2)12(7-14)16-13(17)11-5-4-10(15)6-9(11)3/h4-6,8,12H,7H2,1-3H3,(H,16,17). The van der Waals surface area contributed by atoms with Gasteiger partial charge in [0.15, 0.2) is 0 Å². The number of benzene rings is 1. The number of halogens is 2. The monoisotopic (exact) mass is 361 g/mol. The van der Waals surface area contributed by atoms with Crippen LogP contribution in [0.3, 0.4) is 0 Å². The summed E-state index contributed by atoms with van der Waals surface area (Å²) in [5.74, 6) is 0.405. The number of hydrogen-bond donors (Lipinski definition) is 1. The van der Waals surface area contributed by atoms with E-state index >= 15 is 0 Å². The number of nitrogens with one attached hydrogen (secondary N) is 1. The van der Waals surface area contributed by atoms with Crippen molar-refractivity contribution < 1.29 is 4.79 Å². The van der Waals surface area contributed by atoms with Gasteiger partial charge in [-0.1, -0.05) is 45.7 Å². The SMILES string of the molecule is Cc1cc(Br)ccc1C(=O)NC(CBr)C(C)C. The molecule has 0 aromatic heterocycles. The molecule has 17 heavy (non-hydrogen) atoms. The summed E-state index contributed by atoms with van der Waals surface area (Å²) in [6, 6.07) is 5.85. The van der Waals surface area contributed by atoms with Gasteiger partial charge in [0.05, 0.1) is 0 Å². The molecule has 0 spiro atoms. The summed E-state index contributed by atoms with van der Waals surface area (Å²) in [4.78, 5) is 12.1. The number of carbonyl (C=O) groups is 1. The van der Waals surface area contributed by atoms with Gasteiger partial charge in [0.25, 0.3) is 5.91 Å². The first-order chi connectivity index (χ1) is 7.95. The van der Waals surface area contributed by atoms with Gasteiger partial charge in [-0.15, -0.1) is 0 Å². The fourth-order valence-corrected chi connectivity index (χ4v) is 2.90. The van der Waals surface area contributed by atoms with Crippen LogP contribution in [0.15, 0.2) is 22.7 Å². The third-order valence-electron chi connectivity index (χ3n) is 2.72. The second kappa shape index (κ2) is 6.55. The van der Waals surface area contributed by atoms with Crippen LogP contribution in [-0.4, -0.2) is 17.3 Å². The third-order valence-corrected chi connectivity index (χ3v) is 3.91. The predicted octanol–water partition coefficient (Wildman–Crippen LogP) is 3.91. The van der Waals surface area contributed by atoms with E-state index in [2.05, 4.69) is 51.0 Å². The maximum absolute atomic E-state index is 12.1. The van der Waals surface area contributed by atoms with E-state index in [-0.39, 0.29) is 11.9 Å². The Morgan fingerprint density at radius 2 is 2.06 bits per heavy atom. The van der Waals surface area contributed by atoms with Crippen molar-refractivity contribution >= 4 is 37.8 Å². The van der Waals surface area contributed by atoms with E-state index in [9.17, 15) is 4.79 Å². The van der Waals surface area contributed by atoms with Crippen molar-refractivity contribution in [3.05, 3.63) is 33.8 Å². The average molecular weight is 363 g/mol. The molecule has 4 heteroatoms. The number of amides is 1. The smallest absolute Gasteiger partial charge is 0.251 e. The molecule has 0 aliphatic heterocycles. The summed E-state index contributed by atoms with van der Waals surface area (Å²) in [5, 5.41) is 3.81. The minimum atomic E-state index is -0.00634. The predicted molar refractivity (Wildman–Crippen MR) is 78.8 cm³/mol. The van der Waals surface area contributed by atoms with Crippen LogP contribution < -0.4 is 5.32 Å². The van der Waals surface area contributed by atoms with E-state index in [1.165, 1.54) is 0 Å². The van der Waals surface area contributed by atoms with Gasteiger partial charge < -0.3 is 5.32 Å². The molecule has 0 saturated heterocycles. The molecule has 1 N–H and O–H groups in total. The van der Waals surface area contributed by atoms with E-state index in [1.807, 2.05) is 25.1 Å². The molecule has 2 nitrogen and oxygen atoms in total. The molecule has 0 aliphatic carbocycles. The van der Waals surface area contributed by atoms with Crippen LogP contribution in [0.1, 0.15) is 29.8 Å². The van der Waals surface area contributed by atoms with Crippen molar-refractivity contribution in [3.63, 3.8) is 0 Å². The second-order valence-corrected chi connectivity index (χ2v) is 6.00. The molecule has 1 aromatic carbocycles. The van der Waals surface area contributed by atoms with Crippen molar-refractivity contribution in [1.82, 2.24) is 5.32 Å². The van der Waals surface area contributed by atoms with E-state index in [1.54, 1.807) is 0 Å². The lowest BCUT2D eigenvalue weighted by Gasteiger charge is -2.20. The molecule has 0 bridgehead atoms. The van der Waals surface area contributed by atoms with Gasteiger partial charge in [-0.05, 0) is 36.6 Å². The Morgan fingerprint density at radius 3 is 2.53 bits per heavy atom. The molecule has 0 aliphatic rings. The Kier molecular flexibility index (Phi) is 5.67. The summed E-state index contributed by atoms with van der Waals surface area (Å²) >= 11 is 6.82. The van der Waals surface area contributed by atoms with Crippen LogP contribution in [0.2, 0.25) is 0 Å². The molecular weight excluding hydrogens is 346 g/mol. The molecule has 0 radical (unpaired) electrons. The molecule has 94 valence electrons. The summed E-state index contributed by atoms with van der Waals surface area (Å²) in [5.41, 5.74) is 1.72. The molecule has 1 atom stereocenters. The van der Waals surface area contributed by atoms with Crippen molar-refractivity contribution in [1.29, 1.82) is 0 Å². The van der Waals surface area contributed by atoms with Crippen LogP contribution in [0.5, 0.6) is 0 Å². The second-order valence-electron chi connectivity index (χ2n) is 4.44. The van der Waals surface area contributed by atoms with Crippen molar-refractivity contribution in [2.45, 2.75) is 26.8 Å². The molecule has 1 unspecified atom stereocenters. The Labute approximate surface area is 119 Å². The Bertz CT molecular complexity index is 404. The first kappa shape index (κ1) is 14.7. The number of hydrogen-bond acceptors (Lipinski definition) is 1. The maximum atomic E-state index is 12.1. The lowest BCUT2D eigenvalue weighted by molar-refractivity contribution is 0.0931. The van der Waals surface area contributed by atoms with Gasteiger partial charge in [0, 0.05) is 21.4 Å². The lowest BCUT2D eigenvalue weighted by Crippen LogP contribution is -2.40. The zero-order chi connectivity index (χ0) is 13.0. The van der Waals surface area contributed by atoms with E-state index in [0.29, 0.717) is 5.92 Å². The van der Waals surface area contributed by atoms with Gasteiger partial charge in [-0.3, -0.25) is 4.79 Å². The van der Waals surface area contributed by atoms with E-state index in [0.717, 1.165) is 20.9 Å². The highest BCUT2D eigenvalue weighted by Gasteiger charge is 2.17. The summed E-state index contributed by atoms with van der Waals surface area (Å²) < 4.78 is 0.993. The van der Waals surface area contributed by atoms with E-state index in [4.69, 9.17) is 0 Å². The largest absolute Gasteiger partial charge is 0.348 e. The Hall–Kier alpha value is -0.350. The number of aryl methyl sites for hydroxylation is 1. The van der Waals surface area contributed by atoms with Crippen LogP contribution in [0.25, 0.3) is 0 Å². The number of rotatable bonds is 4. The van der Waals surface area contributed by atoms with Crippen molar-refractivity contribution in [2.24, 2.45) is 5.92 Å². The van der Waals surface area contributed by atoms with Gasteiger partial charge in [-0.2, -0.15) is 0 Å².